The first-order valence-corrected chi connectivity index (χ1v) is 8.04. The number of hydrogen-bond acceptors (Lipinski definition) is 2. The Hall–Kier alpha value is -2.10. The van der Waals surface area contributed by atoms with Crippen molar-refractivity contribution in [1.82, 2.24) is 15.1 Å². The van der Waals surface area contributed by atoms with Crippen LogP contribution in [0.3, 0.4) is 0 Å². The highest BCUT2D eigenvalue weighted by Gasteiger charge is 2.36. The zero-order valence-corrected chi connectivity index (χ0v) is 13.0. The Labute approximate surface area is 131 Å². The molecule has 1 heterocycles. The van der Waals surface area contributed by atoms with E-state index in [1.54, 1.807) is 10.9 Å². The lowest BCUT2D eigenvalue weighted by Gasteiger charge is -2.30. The number of carbonyl (C=O) groups excluding carboxylic acids is 1. The first-order valence-electron chi connectivity index (χ1n) is 8.04. The first kappa shape index (κ1) is 14.8. The lowest BCUT2D eigenvalue weighted by Crippen LogP contribution is -2.41. The molecule has 1 aromatic heterocycles. The summed E-state index contributed by atoms with van der Waals surface area (Å²) in [6.07, 6.45) is 8.29. The Morgan fingerprint density at radius 2 is 2.00 bits per heavy atom. The number of nitrogens with zero attached hydrogens (tertiary/aromatic N) is 2. The largest absolute Gasteiger partial charge is 0.353 e. The molecule has 1 aliphatic rings. The topological polar surface area (TPSA) is 46.9 Å². The van der Waals surface area contributed by atoms with Crippen LogP contribution in [0.1, 0.15) is 44.2 Å². The Morgan fingerprint density at radius 1 is 1.27 bits per heavy atom. The third-order valence-electron chi connectivity index (χ3n) is 4.85. The summed E-state index contributed by atoms with van der Waals surface area (Å²) in [5, 5.41) is 7.30. The maximum atomic E-state index is 12.4. The normalized spacial score (nSPS) is 18.0. The molecule has 116 valence electrons. The van der Waals surface area contributed by atoms with Gasteiger partial charge in [-0.15, -0.1) is 0 Å². The molecule has 1 aromatic carbocycles. The van der Waals surface area contributed by atoms with Crippen molar-refractivity contribution >= 4 is 5.91 Å². The number of benzene rings is 1. The molecule has 1 fully saturated rings. The van der Waals surface area contributed by atoms with Gasteiger partial charge in [0.2, 0.25) is 5.91 Å². The van der Waals surface area contributed by atoms with Gasteiger partial charge in [-0.1, -0.05) is 43.2 Å². The Kier molecular flexibility index (Phi) is 4.27. The molecule has 1 unspecified atom stereocenters. The fraction of sp³-hybridized carbons (Fsp3) is 0.444. The Balaban J connectivity index is 1.69. The van der Waals surface area contributed by atoms with E-state index in [-0.39, 0.29) is 17.4 Å². The highest BCUT2D eigenvalue weighted by molar-refractivity contribution is 5.79. The Bertz CT molecular complexity index is 601. The number of nitrogens with one attached hydrogen (secondary N) is 1. The number of amides is 1. The fourth-order valence-electron chi connectivity index (χ4n) is 3.44. The molecular formula is C18H23N3O. The lowest BCUT2D eigenvalue weighted by molar-refractivity contribution is -0.124. The van der Waals surface area contributed by atoms with Gasteiger partial charge in [0.15, 0.2) is 0 Å². The molecule has 0 bridgehead atoms. The van der Waals surface area contributed by atoms with Crippen LogP contribution in [0.5, 0.6) is 0 Å². The molecule has 3 rings (SSSR count). The van der Waals surface area contributed by atoms with Crippen molar-refractivity contribution in [3.8, 4) is 0 Å². The highest BCUT2D eigenvalue weighted by atomic mass is 16.2. The average Bonchev–Trinajstić information content (AvgIpc) is 3.25. The van der Waals surface area contributed by atoms with Crippen LogP contribution >= 0.6 is 0 Å². The van der Waals surface area contributed by atoms with Crippen LogP contribution in [0.15, 0.2) is 48.8 Å². The van der Waals surface area contributed by atoms with Gasteiger partial charge < -0.3 is 5.32 Å². The summed E-state index contributed by atoms with van der Waals surface area (Å²) in [6.45, 7) is 2.59. The van der Waals surface area contributed by atoms with E-state index in [4.69, 9.17) is 0 Å². The fourth-order valence-corrected chi connectivity index (χ4v) is 3.44. The summed E-state index contributed by atoms with van der Waals surface area (Å²) in [6, 6.07) is 12.2. The van der Waals surface area contributed by atoms with E-state index in [2.05, 4.69) is 34.7 Å². The maximum absolute atomic E-state index is 12.4. The van der Waals surface area contributed by atoms with Crippen molar-refractivity contribution in [2.75, 3.05) is 6.54 Å². The summed E-state index contributed by atoms with van der Waals surface area (Å²) in [5.41, 5.74) is 1.44. The summed E-state index contributed by atoms with van der Waals surface area (Å²) in [7, 11) is 0. The molecule has 2 aromatic rings. The van der Waals surface area contributed by atoms with Crippen LogP contribution in [0, 0.1) is 0 Å². The number of rotatable bonds is 5. The van der Waals surface area contributed by atoms with E-state index in [0.29, 0.717) is 6.54 Å². The van der Waals surface area contributed by atoms with Gasteiger partial charge in [0.05, 0.1) is 0 Å². The van der Waals surface area contributed by atoms with Gasteiger partial charge in [0.25, 0.3) is 0 Å². The minimum Gasteiger partial charge on any atom is -0.353 e. The van der Waals surface area contributed by atoms with Gasteiger partial charge in [-0.3, -0.25) is 9.48 Å². The molecule has 0 aliphatic heterocycles. The van der Waals surface area contributed by atoms with Gasteiger partial charge in [0, 0.05) is 24.4 Å². The maximum Gasteiger partial charge on any atom is 0.244 e. The quantitative estimate of drug-likeness (QED) is 0.922. The summed E-state index contributed by atoms with van der Waals surface area (Å²) in [4.78, 5) is 12.4. The lowest BCUT2D eigenvalue weighted by atomic mass is 9.79. The van der Waals surface area contributed by atoms with E-state index in [1.807, 2.05) is 25.3 Å². The molecular weight excluding hydrogens is 274 g/mol. The van der Waals surface area contributed by atoms with E-state index in [1.165, 1.54) is 18.4 Å². The molecule has 22 heavy (non-hydrogen) atoms. The third-order valence-corrected chi connectivity index (χ3v) is 4.85. The molecule has 4 heteroatoms. The van der Waals surface area contributed by atoms with Crippen LogP contribution in [0.2, 0.25) is 0 Å². The zero-order valence-electron chi connectivity index (χ0n) is 13.0. The molecule has 1 atom stereocenters. The van der Waals surface area contributed by atoms with Crippen LogP contribution < -0.4 is 5.32 Å². The molecule has 0 saturated heterocycles. The van der Waals surface area contributed by atoms with E-state index in [0.717, 1.165) is 12.8 Å². The van der Waals surface area contributed by atoms with Crippen LogP contribution in [0.25, 0.3) is 0 Å². The minimum atomic E-state index is -0.274. The Morgan fingerprint density at radius 3 is 2.64 bits per heavy atom. The molecule has 0 radical (unpaired) electrons. The van der Waals surface area contributed by atoms with Gasteiger partial charge >= 0.3 is 0 Å². The first-order chi connectivity index (χ1) is 10.7. The van der Waals surface area contributed by atoms with Crippen molar-refractivity contribution in [3.05, 3.63) is 54.4 Å². The molecule has 1 saturated carbocycles. The van der Waals surface area contributed by atoms with E-state index < -0.39 is 0 Å². The van der Waals surface area contributed by atoms with Gasteiger partial charge in [-0.2, -0.15) is 5.10 Å². The summed E-state index contributed by atoms with van der Waals surface area (Å²) < 4.78 is 1.69. The SMILES string of the molecule is CC(C(=O)NCC1(c2ccccc2)CCCC1)n1cccn1. The zero-order chi connectivity index (χ0) is 15.4. The summed E-state index contributed by atoms with van der Waals surface area (Å²) in [5.74, 6) is 0.0332. The van der Waals surface area contributed by atoms with Crippen LogP contribution in [0.4, 0.5) is 0 Å². The number of hydrogen-bond donors (Lipinski definition) is 1. The van der Waals surface area contributed by atoms with Crippen molar-refractivity contribution in [2.24, 2.45) is 0 Å². The van der Waals surface area contributed by atoms with Gasteiger partial charge in [-0.25, -0.2) is 0 Å². The molecule has 4 nitrogen and oxygen atoms in total. The number of carbonyl (C=O) groups is 1. The average molecular weight is 297 g/mol. The second-order valence-electron chi connectivity index (χ2n) is 6.23. The predicted octanol–water partition coefficient (Wildman–Crippen LogP) is 3.07. The smallest absolute Gasteiger partial charge is 0.244 e. The number of aromatic nitrogens is 2. The van der Waals surface area contributed by atoms with E-state index in [9.17, 15) is 4.79 Å². The molecule has 1 N–H and O–H groups in total. The molecule has 1 aliphatic carbocycles. The van der Waals surface area contributed by atoms with Crippen LogP contribution in [-0.2, 0) is 10.2 Å². The second kappa shape index (κ2) is 6.34. The third kappa shape index (κ3) is 2.91. The van der Waals surface area contributed by atoms with Crippen molar-refractivity contribution in [3.63, 3.8) is 0 Å². The molecule has 1 amide bonds. The summed E-state index contributed by atoms with van der Waals surface area (Å²) >= 11 is 0. The predicted molar refractivity (Wildman–Crippen MR) is 86.5 cm³/mol. The van der Waals surface area contributed by atoms with Crippen molar-refractivity contribution < 1.29 is 4.79 Å². The minimum absolute atomic E-state index is 0.0332. The van der Waals surface area contributed by atoms with E-state index >= 15 is 0 Å². The van der Waals surface area contributed by atoms with Gasteiger partial charge in [0.1, 0.15) is 6.04 Å². The molecule has 0 spiro atoms. The van der Waals surface area contributed by atoms with Crippen LogP contribution in [-0.4, -0.2) is 22.2 Å². The monoisotopic (exact) mass is 297 g/mol. The standard InChI is InChI=1S/C18H23N3O/c1-15(21-13-7-12-20-21)17(22)19-14-18(10-5-6-11-18)16-8-3-2-4-9-16/h2-4,7-9,12-13,15H,5-6,10-11,14H2,1H3,(H,19,22). The highest BCUT2D eigenvalue weighted by Crippen LogP contribution is 2.40. The van der Waals surface area contributed by atoms with Crippen molar-refractivity contribution in [1.29, 1.82) is 0 Å². The second-order valence-corrected chi connectivity index (χ2v) is 6.23. The van der Waals surface area contributed by atoms with Crippen molar-refractivity contribution in [2.45, 2.75) is 44.1 Å². The van der Waals surface area contributed by atoms with Gasteiger partial charge in [-0.05, 0) is 31.4 Å².